The van der Waals surface area contributed by atoms with Crippen molar-refractivity contribution in [3.8, 4) is 11.8 Å². The van der Waals surface area contributed by atoms with Crippen molar-refractivity contribution in [1.82, 2.24) is 9.97 Å². The number of amides is 1. The Morgan fingerprint density at radius 3 is 2.57 bits per heavy atom. The lowest BCUT2D eigenvalue weighted by Crippen LogP contribution is -2.15. The molecule has 0 aliphatic rings. The van der Waals surface area contributed by atoms with Gasteiger partial charge in [0.2, 0.25) is 0 Å². The summed E-state index contributed by atoms with van der Waals surface area (Å²) in [6.07, 6.45) is 3.72. The van der Waals surface area contributed by atoms with Crippen LogP contribution in [0.5, 0.6) is 5.75 Å². The summed E-state index contributed by atoms with van der Waals surface area (Å²) < 4.78 is 5.34. The zero-order valence-electron chi connectivity index (χ0n) is 15.3. The number of anilines is 2. The van der Waals surface area contributed by atoms with E-state index in [4.69, 9.17) is 10.00 Å². The fourth-order valence-corrected chi connectivity index (χ4v) is 2.59. The van der Waals surface area contributed by atoms with E-state index >= 15 is 0 Å². The molecule has 0 radical (unpaired) electrons. The maximum absolute atomic E-state index is 12.2. The van der Waals surface area contributed by atoms with Crippen LogP contribution in [0, 0.1) is 11.3 Å². The minimum absolute atomic E-state index is 0.208. The molecular weight excluding hydrogens is 354 g/mol. The number of ether oxygens (including phenoxy) is 1. The molecule has 0 saturated heterocycles. The van der Waals surface area contributed by atoms with Gasteiger partial charge < -0.3 is 15.4 Å². The molecule has 2 aromatic carbocycles. The number of carbonyl (C=O) groups excluding carboxylic acids is 1. The van der Waals surface area contributed by atoms with Crippen molar-refractivity contribution >= 4 is 17.4 Å². The summed E-state index contributed by atoms with van der Waals surface area (Å²) in [5, 5.41) is 14.7. The summed E-state index contributed by atoms with van der Waals surface area (Å²) in [5.74, 6) is 1.08. The van der Waals surface area contributed by atoms with Gasteiger partial charge in [-0.25, -0.2) is 9.97 Å². The summed E-state index contributed by atoms with van der Waals surface area (Å²) in [5.41, 5.74) is 2.43. The van der Waals surface area contributed by atoms with Crippen LogP contribution in [0.25, 0.3) is 0 Å². The second-order valence-corrected chi connectivity index (χ2v) is 5.92. The minimum atomic E-state index is -0.363. The molecule has 0 fully saturated rings. The van der Waals surface area contributed by atoms with Gasteiger partial charge >= 0.3 is 0 Å². The highest BCUT2D eigenvalue weighted by atomic mass is 16.5. The molecule has 0 aliphatic carbocycles. The molecule has 0 unspecified atom stereocenters. The van der Waals surface area contributed by atoms with Crippen LogP contribution in [0.3, 0.4) is 0 Å². The molecule has 0 spiro atoms. The molecule has 1 aromatic heterocycles. The molecule has 3 aromatic rings. The Bertz CT molecular complexity index is 979. The highest BCUT2D eigenvalue weighted by Crippen LogP contribution is 2.17. The average molecular weight is 373 g/mol. The quantitative estimate of drug-likeness (QED) is 0.659. The predicted octanol–water partition coefficient (Wildman–Crippen LogP) is 3.26. The third-order valence-corrected chi connectivity index (χ3v) is 4.05. The lowest BCUT2D eigenvalue weighted by molar-refractivity contribution is 0.102. The second kappa shape index (κ2) is 9.14. The summed E-state index contributed by atoms with van der Waals surface area (Å²) in [4.78, 5) is 20.6. The number of rotatable bonds is 7. The Balaban J connectivity index is 1.54. The minimum Gasteiger partial charge on any atom is -0.496 e. The summed E-state index contributed by atoms with van der Waals surface area (Å²) in [7, 11) is 1.65. The predicted molar refractivity (Wildman–Crippen MR) is 106 cm³/mol. The highest BCUT2D eigenvalue weighted by molar-refractivity contribution is 6.02. The first-order valence-corrected chi connectivity index (χ1v) is 8.69. The summed E-state index contributed by atoms with van der Waals surface area (Å²) >= 11 is 0. The zero-order chi connectivity index (χ0) is 19.8. The van der Waals surface area contributed by atoms with Crippen molar-refractivity contribution in [2.45, 2.75) is 6.42 Å². The molecule has 1 amide bonds. The number of nitriles is 1. The van der Waals surface area contributed by atoms with Crippen LogP contribution in [0.2, 0.25) is 0 Å². The van der Waals surface area contributed by atoms with Crippen molar-refractivity contribution in [2.75, 3.05) is 24.3 Å². The number of hydrogen-bond donors (Lipinski definition) is 2. The van der Waals surface area contributed by atoms with Crippen molar-refractivity contribution in [2.24, 2.45) is 0 Å². The van der Waals surface area contributed by atoms with Gasteiger partial charge in [-0.1, -0.05) is 18.2 Å². The van der Waals surface area contributed by atoms with Crippen LogP contribution in [0.4, 0.5) is 11.5 Å². The molecule has 0 atom stereocenters. The third-order valence-electron chi connectivity index (χ3n) is 4.05. The number of nitrogens with zero attached hydrogens (tertiary/aromatic N) is 3. The number of para-hydroxylation sites is 1. The Kier molecular flexibility index (Phi) is 6.16. The fourth-order valence-electron chi connectivity index (χ4n) is 2.59. The van der Waals surface area contributed by atoms with Crippen molar-refractivity contribution < 1.29 is 9.53 Å². The molecule has 0 saturated carbocycles. The van der Waals surface area contributed by atoms with E-state index in [1.165, 1.54) is 12.4 Å². The van der Waals surface area contributed by atoms with E-state index in [2.05, 4.69) is 20.6 Å². The number of hydrogen-bond acceptors (Lipinski definition) is 6. The van der Waals surface area contributed by atoms with E-state index in [0.29, 0.717) is 23.6 Å². The topological polar surface area (TPSA) is 99.9 Å². The van der Waals surface area contributed by atoms with Gasteiger partial charge in [-0.15, -0.1) is 0 Å². The van der Waals surface area contributed by atoms with E-state index < -0.39 is 0 Å². The first-order valence-electron chi connectivity index (χ1n) is 8.69. The van der Waals surface area contributed by atoms with Crippen LogP contribution < -0.4 is 15.4 Å². The molecule has 7 heteroatoms. The SMILES string of the molecule is COc1ccccc1CCNc1cnc(C(=O)Nc2ccc(C#N)cc2)cn1. The Morgan fingerprint density at radius 2 is 1.89 bits per heavy atom. The van der Waals surface area contributed by atoms with Crippen LogP contribution in [-0.4, -0.2) is 29.5 Å². The zero-order valence-corrected chi connectivity index (χ0v) is 15.3. The maximum Gasteiger partial charge on any atom is 0.275 e. The van der Waals surface area contributed by atoms with Gasteiger partial charge in [0.25, 0.3) is 5.91 Å². The smallest absolute Gasteiger partial charge is 0.275 e. The van der Waals surface area contributed by atoms with Crippen LogP contribution in [-0.2, 0) is 6.42 Å². The first-order chi connectivity index (χ1) is 13.7. The molecule has 140 valence electrons. The monoisotopic (exact) mass is 373 g/mol. The van der Waals surface area contributed by atoms with Crippen molar-refractivity contribution in [3.05, 3.63) is 77.7 Å². The van der Waals surface area contributed by atoms with Crippen molar-refractivity contribution in [3.63, 3.8) is 0 Å². The van der Waals surface area contributed by atoms with Crippen LogP contribution >= 0.6 is 0 Å². The summed E-state index contributed by atoms with van der Waals surface area (Å²) in [6.45, 7) is 0.659. The molecule has 28 heavy (non-hydrogen) atoms. The lowest BCUT2D eigenvalue weighted by atomic mass is 10.1. The fraction of sp³-hybridized carbons (Fsp3) is 0.143. The van der Waals surface area contributed by atoms with Gasteiger partial charge in [0.15, 0.2) is 0 Å². The van der Waals surface area contributed by atoms with Crippen LogP contribution in [0.1, 0.15) is 21.6 Å². The summed E-state index contributed by atoms with van der Waals surface area (Å²) in [6, 6.07) is 16.5. The van der Waals surface area contributed by atoms with Gasteiger partial charge in [-0.3, -0.25) is 4.79 Å². The van der Waals surface area contributed by atoms with Gasteiger partial charge in [0, 0.05) is 12.2 Å². The van der Waals surface area contributed by atoms with E-state index in [1.807, 2.05) is 30.3 Å². The number of nitrogens with one attached hydrogen (secondary N) is 2. The van der Waals surface area contributed by atoms with E-state index in [-0.39, 0.29) is 11.6 Å². The number of aromatic nitrogens is 2. The molecule has 2 N–H and O–H groups in total. The number of benzene rings is 2. The van der Waals surface area contributed by atoms with Gasteiger partial charge in [-0.2, -0.15) is 5.26 Å². The molecular formula is C21H19N5O2. The maximum atomic E-state index is 12.2. The second-order valence-electron chi connectivity index (χ2n) is 5.92. The lowest BCUT2D eigenvalue weighted by Gasteiger charge is -2.09. The van der Waals surface area contributed by atoms with Gasteiger partial charge in [0.05, 0.1) is 31.1 Å². The largest absolute Gasteiger partial charge is 0.496 e. The van der Waals surface area contributed by atoms with E-state index in [0.717, 1.165) is 17.7 Å². The average Bonchev–Trinajstić information content (AvgIpc) is 2.75. The Hall–Kier alpha value is -3.92. The highest BCUT2D eigenvalue weighted by Gasteiger charge is 2.09. The standard InChI is InChI=1S/C21H19N5O2/c1-28-19-5-3-2-4-16(19)10-11-23-20-14-24-18(13-25-20)21(27)26-17-8-6-15(12-22)7-9-17/h2-9,13-14H,10-11H2,1H3,(H,23,25)(H,26,27). The first kappa shape index (κ1) is 18.9. The molecule has 1 heterocycles. The molecule has 0 bridgehead atoms. The van der Waals surface area contributed by atoms with Crippen LogP contribution in [0.15, 0.2) is 60.9 Å². The van der Waals surface area contributed by atoms with E-state index in [9.17, 15) is 4.79 Å². The normalized spacial score (nSPS) is 10.0. The van der Waals surface area contributed by atoms with E-state index in [1.54, 1.807) is 31.4 Å². The molecule has 7 nitrogen and oxygen atoms in total. The number of methoxy groups -OCH3 is 1. The Morgan fingerprint density at radius 1 is 1.11 bits per heavy atom. The number of carbonyl (C=O) groups is 1. The third kappa shape index (κ3) is 4.83. The van der Waals surface area contributed by atoms with Gasteiger partial charge in [0.1, 0.15) is 17.3 Å². The van der Waals surface area contributed by atoms with Gasteiger partial charge in [-0.05, 0) is 42.3 Å². The molecule has 0 aliphatic heterocycles. The van der Waals surface area contributed by atoms with Crippen molar-refractivity contribution in [1.29, 1.82) is 5.26 Å². The Labute approximate surface area is 163 Å². The molecule has 3 rings (SSSR count).